The standard InChI is InChI=1S/C18H28N2O3/c1-15-5-3-4-6-16(15)18(7-10-23-11-8-18)14-20-17(21)13-19-9-12-22-2/h3-6,19H,7-14H2,1-2H3,(H,20,21). The van der Waals surface area contributed by atoms with E-state index in [9.17, 15) is 4.79 Å². The number of aryl methyl sites for hydroxylation is 1. The molecule has 1 aromatic carbocycles. The van der Waals surface area contributed by atoms with Crippen LogP contribution >= 0.6 is 0 Å². The fourth-order valence-corrected chi connectivity index (χ4v) is 3.18. The lowest BCUT2D eigenvalue weighted by Gasteiger charge is -2.39. The van der Waals surface area contributed by atoms with E-state index < -0.39 is 0 Å². The molecule has 0 atom stereocenters. The number of carbonyl (C=O) groups is 1. The van der Waals surface area contributed by atoms with Crippen molar-refractivity contribution in [3.05, 3.63) is 35.4 Å². The Kier molecular flexibility index (Phi) is 7.02. The van der Waals surface area contributed by atoms with Crippen LogP contribution in [0.4, 0.5) is 0 Å². The van der Waals surface area contributed by atoms with Crippen LogP contribution < -0.4 is 10.6 Å². The molecule has 2 rings (SSSR count). The van der Waals surface area contributed by atoms with Crippen LogP contribution in [-0.4, -0.2) is 52.5 Å². The number of hydrogen-bond donors (Lipinski definition) is 2. The second kappa shape index (κ2) is 9.01. The van der Waals surface area contributed by atoms with Gasteiger partial charge in [-0.15, -0.1) is 0 Å². The van der Waals surface area contributed by atoms with Gasteiger partial charge in [0.2, 0.25) is 5.91 Å². The highest BCUT2D eigenvalue weighted by Gasteiger charge is 2.35. The Morgan fingerprint density at radius 2 is 2.04 bits per heavy atom. The first-order valence-corrected chi connectivity index (χ1v) is 8.28. The molecule has 0 unspecified atom stereocenters. The maximum atomic E-state index is 12.1. The Morgan fingerprint density at radius 3 is 2.74 bits per heavy atom. The van der Waals surface area contributed by atoms with E-state index in [1.54, 1.807) is 7.11 Å². The van der Waals surface area contributed by atoms with Crippen molar-refractivity contribution in [1.82, 2.24) is 10.6 Å². The molecule has 1 aromatic rings. The second-order valence-corrected chi connectivity index (χ2v) is 6.15. The summed E-state index contributed by atoms with van der Waals surface area (Å²) in [7, 11) is 1.65. The molecule has 5 heteroatoms. The van der Waals surface area contributed by atoms with Crippen molar-refractivity contribution < 1.29 is 14.3 Å². The summed E-state index contributed by atoms with van der Waals surface area (Å²) >= 11 is 0. The first kappa shape index (κ1) is 17.9. The largest absolute Gasteiger partial charge is 0.383 e. The van der Waals surface area contributed by atoms with E-state index in [4.69, 9.17) is 9.47 Å². The number of benzene rings is 1. The van der Waals surface area contributed by atoms with Gasteiger partial charge in [-0.2, -0.15) is 0 Å². The zero-order chi connectivity index (χ0) is 16.5. The second-order valence-electron chi connectivity index (χ2n) is 6.15. The summed E-state index contributed by atoms with van der Waals surface area (Å²) in [6, 6.07) is 8.46. The number of ether oxygens (including phenoxy) is 2. The minimum atomic E-state index is -0.0220. The molecule has 0 spiro atoms. The van der Waals surface area contributed by atoms with Gasteiger partial charge in [0, 0.05) is 38.8 Å². The lowest BCUT2D eigenvalue weighted by molar-refractivity contribution is -0.120. The molecule has 23 heavy (non-hydrogen) atoms. The van der Waals surface area contributed by atoms with Crippen LogP contribution in [0.2, 0.25) is 0 Å². The predicted octanol–water partition coefficient (Wildman–Crippen LogP) is 1.40. The first-order valence-electron chi connectivity index (χ1n) is 8.28. The van der Waals surface area contributed by atoms with E-state index in [-0.39, 0.29) is 11.3 Å². The fraction of sp³-hybridized carbons (Fsp3) is 0.611. The fourth-order valence-electron chi connectivity index (χ4n) is 3.18. The number of methoxy groups -OCH3 is 1. The summed E-state index contributed by atoms with van der Waals surface area (Å²) in [5, 5.41) is 6.17. The summed E-state index contributed by atoms with van der Waals surface area (Å²) in [5.41, 5.74) is 2.59. The highest BCUT2D eigenvalue weighted by molar-refractivity contribution is 5.78. The van der Waals surface area contributed by atoms with Crippen molar-refractivity contribution in [2.24, 2.45) is 0 Å². The minimum absolute atomic E-state index is 0.0220. The molecular weight excluding hydrogens is 292 g/mol. The maximum absolute atomic E-state index is 12.1. The monoisotopic (exact) mass is 320 g/mol. The van der Waals surface area contributed by atoms with Gasteiger partial charge in [-0.05, 0) is 30.9 Å². The lowest BCUT2D eigenvalue weighted by atomic mass is 9.72. The molecular formula is C18H28N2O3. The Bertz CT molecular complexity index is 499. The van der Waals surface area contributed by atoms with Gasteiger partial charge in [-0.1, -0.05) is 24.3 Å². The smallest absolute Gasteiger partial charge is 0.233 e. The molecule has 0 aliphatic carbocycles. The average Bonchev–Trinajstić information content (AvgIpc) is 2.58. The van der Waals surface area contributed by atoms with Gasteiger partial charge in [0.25, 0.3) is 0 Å². The third-order valence-corrected chi connectivity index (χ3v) is 4.56. The van der Waals surface area contributed by atoms with Crippen molar-refractivity contribution in [3.8, 4) is 0 Å². The lowest BCUT2D eigenvalue weighted by Crippen LogP contribution is -2.47. The van der Waals surface area contributed by atoms with E-state index in [1.807, 2.05) is 0 Å². The van der Waals surface area contributed by atoms with Gasteiger partial charge < -0.3 is 20.1 Å². The minimum Gasteiger partial charge on any atom is -0.383 e. The summed E-state index contributed by atoms with van der Waals surface area (Å²) in [4.78, 5) is 12.1. The van der Waals surface area contributed by atoms with Crippen molar-refractivity contribution in [2.45, 2.75) is 25.2 Å². The topological polar surface area (TPSA) is 59.6 Å². The van der Waals surface area contributed by atoms with Gasteiger partial charge in [0.1, 0.15) is 0 Å². The van der Waals surface area contributed by atoms with Gasteiger partial charge in [0.05, 0.1) is 13.2 Å². The molecule has 1 fully saturated rings. The molecule has 0 radical (unpaired) electrons. The Labute approximate surface area is 138 Å². The maximum Gasteiger partial charge on any atom is 0.233 e. The number of hydrogen-bond acceptors (Lipinski definition) is 4. The quantitative estimate of drug-likeness (QED) is 0.711. The Hall–Kier alpha value is -1.43. The summed E-state index contributed by atoms with van der Waals surface area (Å²) in [6.45, 7) is 5.90. The Balaban J connectivity index is 1.97. The molecule has 0 bridgehead atoms. The molecule has 0 saturated carbocycles. The van der Waals surface area contributed by atoms with Crippen LogP contribution in [0.25, 0.3) is 0 Å². The van der Waals surface area contributed by atoms with E-state index in [1.165, 1.54) is 11.1 Å². The van der Waals surface area contributed by atoms with Crippen LogP contribution in [-0.2, 0) is 19.7 Å². The van der Waals surface area contributed by atoms with Crippen LogP contribution in [0, 0.1) is 6.92 Å². The normalized spacial score (nSPS) is 17.0. The summed E-state index contributed by atoms with van der Waals surface area (Å²) < 4.78 is 10.5. The Morgan fingerprint density at radius 1 is 1.30 bits per heavy atom. The molecule has 2 N–H and O–H groups in total. The van der Waals surface area contributed by atoms with Gasteiger partial charge in [-0.25, -0.2) is 0 Å². The molecule has 0 aromatic heterocycles. The van der Waals surface area contributed by atoms with Crippen molar-refractivity contribution in [2.75, 3.05) is 46.6 Å². The highest BCUT2D eigenvalue weighted by atomic mass is 16.5. The predicted molar refractivity (Wildman–Crippen MR) is 90.7 cm³/mol. The summed E-state index contributed by atoms with van der Waals surface area (Å²) in [6.07, 6.45) is 1.88. The van der Waals surface area contributed by atoms with Gasteiger partial charge in [0.15, 0.2) is 0 Å². The van der Waals surface area contributed by atoms with Crippen LogP contribution in [0.15, 0.2) is 24.3 Å². The zero-order valence-corrected chi connectivity index (χ0v) is 14.2. The first-order chi connectivity index (χ1) is 11.2. The zero-order valence-electron chi connectivity index (χ0n) is 14.2. The van der Waals surface area contributed by atoms with E-state index in [2.05, 4.69) is 41.8 Å². The van der Waals surface area contributed by atoms with Gasteiger partial charge in [-0.3, -0.25) is 4.79 Å². The van der Waals surface area contributed by atoms with E-state index in [0.717, 1.165) is 26.1 Å². The van der Waals surface area contributed by atoms with Crippen LogP contribution in [0.3, 0.4) is 0 Å². The molecule has 5 nitrogen and oxygen atoms in total. The molecule has 1 aliphatic heterocycles. The van der Waals surface area contributed by atoms with Crippen molar-refractivity contribution in [1.29, 1.82) is 0 Å². The average molecular weight is 320 g/mol. The summed E-state index contributed by atoms with van der Waals surface area (Å²) in [5.74, 6) is 0.0283. The van der Waals surface area contributed by atoms with Crippen LogP contribution in [0.1, 0.15) is 24.0 Å². The SMILES string of the molecule is COCCNCC(=O)NCC1(c2ccccc2C)CCOCC1. The molecule has 1 saturated heterocycles. The van der Waals surface area contributed by atoms with Crippen molar-refractivity contribution >= 4 is 5.91 Å². The van der Waals surface area contributed by atoms with Gasteiger partial charge >= 0.3 is 0 Å². The highest BCUT2D eigenvalue weighted by Crippen LogP contribution is 2.36. The van der Waals surface area contributed by atoms with E-state index >= 15 is 0 Å². The molecule has 1 amide bonds. The molecule has 128 valence electrons. The number of carbonyl (C=O) groups excluding carboxylic acids is 1. The van der Waals surface area contributed by atoms with Crippen LogP contribution in [0.5, 0.6) is 0 Å². The number of rotatable bonds is 8. The third-order valence-electron chi connectivity index (χ3n) is 4.56. The van der Waals surface area contributed by atoms with E-state index in [0.29, 0.717) is 26.2 Å². The number of nitrogens with one attached hydrogen (secondary N) is 2. The van der Waals surface area contributed by atoms with Crippen molar-refractivity contribution in [3.63, 3.8) is 0 Å². The molecule has 1 aliphatic rings. The number of amides is 1. The molecule has 1 heterocycles. The third kappa shape index (κ3) is 5.03.